The number of carbonyl (C=O) groups excluding carboxylic acids is 1. The van der Waals surface area contributed by atoms with Crippen LogP contribution < -0.4 is 9.64 Å². The molecule has 0 atom stereocenters. The summed E-state index contributed by atoms with van der Waals surface area (Å²) >= 11 is 0. The van der Waals surface area contributed by atoms with Crippen molar-refractivity contribution in [2.75, 3.05) is 4.90 Å². The summed E-state index contributed by atoms with van der Waals surface area (Å²) in [4.78, 5) is 13.7. The molecule has 6 aromatic carbocycles. The molecule has 0 unspecified atom stereocenters. The first kappa shape index (κ1) is 26.5. The van der Waals surface area contributed by atoms with Gasteiger partial charge in [-0.15, -0.1) is 0 Å². The first-order valence-electron chi connectivity index (χ1n) is 13.8. The van der Waals surface area contributed by atoms with E-state index >= 15 is 0 Å². The van der Waals surface area contributed by atoms with Crippen LogP contribution in [0.3, 0.4) is 0 Å². The lowest BCUT2D eigenvalue weighted by atomic mass is 10.00. The zero-order valence-corrected chi connectivity index (χ0v) is 23.1. The third-order valence-corrected chi connectivity index (χ3v) is 7.16. The lowest BCUT2D eigenvalue weighted by Crippen LogP contribution is -2.09. The van der Waals surface area contributed by atoms with Gasteiger partial charge in [0.05, 0.1) is 0 Å². The Morgan fingerprint density at radius 3 is 1.21 bits per heavy atom. The molecule has 3 nitrogen and oxygen atoms in total. The molecule has 0 heterocycles. The SMILES string of the molecule is C=CC(=O)Oc1ccc(-c2ccc(N(c3ccccc3)c3ccc(-c4ccc(-c5ccccc5)cc4)cc3)cc2)cc1. The Kier molecular flexibility index (Phi) is 7.74. The summed E-state index contributed by atoms with van der Waals surface area (Å²) in [5.41, 5.74) is 10.1. The molecule has 0 aliphatic rings. The molecule has 0 N–H and O–H groups in total. The molecule has 0 spiro atoms. The molecule has 3 heteroatoms. The Bertz CT molecular complexity index is 1780. The van der Waals surface area contributed by atoms with Gasteiger partial charge in [0.15, 0.2) is 0 Å². The maximum absolute atomic E-state index is 11.5. The first-order chi connectivity index (χ1) is 20.7. The highest BCUT2D eigenvalue weighted by Crippen LogP contribution is 2.37. The molecule has 42 heavy (non-hydrogen) atoms. The lowest BCUT2D eigenvalue weighted by molar-refractivity contribution is -0.128. The van der Waals surface area contributed by atoms with Crippen LogP contribution in [0.4, 0.5) is 17.1 Å². The van der Waals surface area contributed by atoms with E-state index < -0.39 is 5.97 Å². The monoisotopic (exact) mass is 543 g/mol. The van der Waals surface area contributed by atoms with Gasteiger partial charge in [-0.2, -0.15) is 0 Å². The molecule has 0 saturated heterocycles. The standard InChI is InChI=1S/C39H29NO2/c1-2-39(41)42-38-27-21-34(22-28-38)33-19-25-37(26-20-33)40(35-11-7-4-8-12-35)36-23-17-32(18-24-36)31-15-13-30(14-16-31)29-9-5-3-6-10-29/h2-28H,1H2. The van der Waals surface area contributed by atoms with Gasteiger partial charge in [0.25, 0.3) is 0 Å². The maximum atomic E-state index is 11.5. The van der Waals surface area contributed by atoms with Crippen molar-refractivity contribution in [3.8, 4) is 39.1 Å². The highest BCUT2D eigenvalue weighted by Gasteiger charge is 2.13. The quantitative estimate of drug-likeness (QED) is 0.109. The van der Waals surface area contributed by atoms with E-state index in [0.717, 1.165) is 34.3 Å². The molecule has 0 radical (unpaired) electrons. The molecule has 0 saturated carbocycles. The van der Waals surface area contributed by atoms with Crippen LogP contribution >= 0.6 is 0 Å². The minimum atomic E-state index is -0.470. The summed E-state index contributed by atoms with van der Waals surface area (Å²) in [6.45, 7) is 3.44. The molecule has 0 bridgehead atoms. The van der Waals surface area contributed by atoms with Crippen LogP contribution in [0.1, 0.15) is 0 Å². The molecule has 202 valence electrons. The number of benzene rings is 6. The summed E-state index contributed by atoms with van der Waals surface area (Å²) in [5.74, 6) is 0.0215. The summed E-state index contributed by atoms with van der Waals surface area (Å²) in [7, 11) is 0. The van der Waals surface area contributed by atoms with Gasteiger partial charge >= 0.3 is 5.97 Å². The molecule has 0 aliphatic heterocycles. The summed E-state index contributed by atoms with van der Waals surface area (Å²) < 4.78 is 5.20. The average Bonchev–Trinajstić information content (AvgIpc) is 3.07. The van der Waals surface area contributed by atoms with Crippen molar-refractivity contribution in [1.29, 1.82) is 0 Å². The van der Waals surface area contributed by atoms with Crippen LogP contribution in [-0.4, -0.2) is 5.97 Å². The van der Waals surface area contributed by atoms with E-state index in [-0.39, 0.29) is 0 Å². The van der Waals surface area contributed by atoms with Gasteiger partial charge in [-0.05, 0) is 81.9 Å². The van der Waals surface area contributed by atoms with Crippen LogP contribution in [0, 0.1) is 0 Å². The zero-order valence-electron chi connectivity index (χ0n) is 23.1. The minimum absolute atomic E-state index is 0.470. The zero-order chi connectivity index (χ0) is 28.7. The maximum Gasteiger partial charge on any atom is 0.335 e. The second-order valence-electron chi connectivity index (χ2n) is 9.86. The Morgan fingerprint density at radius 2 is 0.786 bits per heavy atom. The van der Waals surface area contributed by atoms with E-state index in [0.29, 0.717) is 5.75 Å². The van der Waals surface area contributed by atoms with E-state index in [2.05, 4.69) is 133 Å². The fraction of sp³-hybridized carbons (Fsp3) is 0. The van der Waals surface area contributed by atoms with Gasteiger partial charge < -0.3 is 9.64 Å². The van der Waals surface area contributed by atoms with Crippen molar-refractivity contribution in [1.82, 2.24) is 0 Å². The summed E-state index contributed by atoms with van der Waals surface area (Å²) in [6, 6.07) is 54.2. The fourth-order valence-electron chi connectivity index (χ4n) is 4.99. The number of hydrogen-bond donors (Lipinski definition) is 0. The Morgan fingerprint density at radius 1 is 0.452 bits per heavy atom. The van der Waals surface area contributed by atoms with Crippen LogP contribution in [0.15, 0.2) is 170 Å². The molecule has 0 aliphatic carbocycles. The van der Waals surface area contributed by atoms with E-state index in [9.17, 15) is 4.79 Å². The molecule has 0 fully saturated rings. The lowest BCUT2D eigenvalue weighted by Gasteiger charge is -2.26. The Balaban J connectivity index is 1.26. The van der Waals surface area contributed by atoms with Crippen molar-refractivity contribution in [3.63, 3.8) is 0 Å². The van der Waals surface area contributed by atoms with Crippen molar-refractivity contribution in [2.24, 2.45) is 0 Å². The van der Waals surface area contributed by atoms with Crippen LogP contribution in [0.5, 0.6) is 5.75 Å². The van der Waals surface area contributed by atoms with E-state index in [4.69, 9.17) is 4.74 Å². The number of ether oxygens (including phenoxy) is 1. The Hall–Kier alpha value is -5.67. The number of anilines is 3. The Labute approximate surface area is 246 Å². The first-order valence-corrected chi connectivity index (χ1v) is 13.8. The molecular formula is C39H29NO2. The number of para-hydroxylation sites is 1. The number of esters is 1. The summed E-state index contributed by atoms with van der Waals surface area (Å²) in [5, 5.41) is 0. The predicted octanol–water partition coefficient (Wildman–Crippen LogP) is 10.2. The third-order valence-electron chi connectivity index (χ3n) is 7.16. The van der Waals surface area contributed by atoms with Crippen LogP contribution in [0.25, 0.3) is 33.4 Å². The second-order valence-corrected chi connectivity index (χ2v) is 9.86. The van der Waals surface area contributed by atoms with E-state index in [1.807, 2.05) is 24.3 Å². The number of nitrogens with zero attached hydrogens (tertiary/aromatic N) is 1. The minimum Gasteiger partial charge on any atom is -0.423 e. The molecular weight excluding hydrogens is 514 g/mol. The highest BCUT2D eigenvalue weighted by molar-refractivity contribution is 5.84. The predicted molar refractivity (Wildman–Crippen MR) is 173 cm³/mol. The van der Waals surface area contributed by atoms with Crippen LogP contribution in [-0.2, 0) is 4.79 Å². The van der Waals surface area contributed by atoms with Gasteiger partial charge in [0.1, 0.15) is 5.75 Å². The largest absolute Gasteiger partial charge is 0.423 e. The number of carbonyl (C=O) groups is 1. The molecule has 0 amide bonds. The summed E-state index contributed by atoms with van der Waals surface area (Å²) in [6.07, 6.45) is 1.15. The molecule has 6 aromatic rings. The number of hydrogen-bond acceptors (Lipinski definition) is 3. The van der Waals surface area contributed by atoms with Crippen molar-refractivity contribution >= 4 is 23.0 Å². The highest BCUT2D eigenvalue weighted by atomic mass is 16.5. The van der Waals surface area contributed by atoms with Crippen molar-refractivity contribution in [2.45, 2.75) is 0 Å². The van der Waals surface area contributed by atoms with Crippen LogP contribution in [0.2, 0.25) is 0 Å². The van der Waals surface area contributed by atoms with Gasteiger partial charge in [0, 0.05) is 23.1 Å². The molecule has 6 rings (SSSR count). The third kappa shape index (κ3) is 5.91. The number of rotatable bonds is 8. The topological polar surface area (TPSA) is 29.5 Å². The average molecular weight is 544 g/mol. The normalized spacial score (nSPS) is 10.6. The van der Waals surface area contributed by atoms with E-state index in [1.54, 1.807) is 12.1 Å². The fourth-order valence-corrected chi connectivity index (χ4v) is 4.99. The van der Waals surface area contributed by atoms with Gasteiger partial charge in [-0.25, -0.2) is 4.79 Å². The molecule has 0 aromatic heterocycles. The van der Waals surface area contributed by atoms with Gasteiger partial charge in [-0.3, -0.25) is 0 Å². The smallest absolute Gasteiger partial charge is 0.335 e. The second kappa shape index (κ2) is 12.2. The van der Waals surface area contributed by atoms with Crippen molar-refractivity contribution < 1.29 is 9.53 Å². The van der Waals surface area contributed by atoms with Gasteiger partial charge in [-0.1, -0.05) is 116 Å². The van der Waals surface area contributed by atoms with Gasteiger partial charge in [0.2, 0.25) is 0 Å². The van der Waals surface area contributed by atoms with E-state index in [1.165, 1.54) is 22.3 Å². The van der Waals surface area contributed by atoms with Crippen molar-refractivity contribution in [3.05, 3.63) is 170 Å².